The number of nitrogens with zero attached hydrogens (tertiary/aromatic N) is 3. The van der Waals surface area contributed by atoms with Gasteiger partial charge in [0.25, 0.3) is 0 Å². The maximum atomic E-state index is 13.1. The molecule has 8 nitrogen and oxygen atoms in total. The van der Waals surface area contributed by atoms with Gasteiger partial charge in [-0.3, -0.25) is 0 Å². The van der Waals surface area contributed by atoms with Crippen molar-refractivity contribution < 1.29 is 19.0 Å². The van der Waals surface area contributed by atoms with Crippen LogP contribution >= 0.6 is 23.4 Å². The lowest BCUT2D eigenvalue weighted by atomic mass is 9.95. The van der Waals surface area contributed by atoms with Gasteiger partial charge in [0, 0.05) is 16.5 Å². The number of hydrogen-bond donors (Lipinski definition) is 1. The van der Waals surface area contributed by atoms with Crippen LogP contribution in [-0.4, -0.2) is 39.7 Å². The van der Waals surface area contributed by atoms with E-state index in [1.54, 1.807) is 23.4 Å². The molecule has 37 heavy (non-hydrogen) atoms. The van der Waals surface area contributed by atoms with E-state index < -0.39 is 12.0 Å². The minimum absolute atomic E-state index is 0.270. The summed E-state index contributed by atoms with van der Waals surface area (Å²) in [6.07, 6.45) is 1.01. The lowest BCUT2D eigenvalue weighted by molar-refractivity contribution is -0.139. The first-order valence-corrected chi connectivity index (χ1v) is 13.7. The molecule has 0 saturated carbocycles. The molecular weight excluding hydrogens is 512 g/mol. The molecule has 1 aliphatic heterocycles. The third-order valence-electron chi connectivity index (χ3n) is 5.65. The molecular formula is C27H31ClN4O4S. The van der Waals surface area contributed by atoms with Crippen LogP contribution in [0.5, 0.6) is 11.5 Å². The largest absolute Gasteiger partial charge is 0.490 e. The number of thioether (sulfide) groups is 1. The monoisotopic (exact) mass is 542 g/mol. The van der Waals surface area contributed by atoms with Crippen LogP contribution in [0.1, 0.15) is 51.3 Å². The molecule has 2 aromatic carbocycles. The number of rotatable bonds is 11. The first-order valence-electron chi connectivity index (χ1n) is 12.3. The van der Waals surface area contributed by atoms with Crippen molar-refractivity contribution in [2.24, 2.45) is 0 Å². The van der Waals surface area contributed by atoms with Gasteiger partial charge in [-0.15, -0.1) is 5.10 Å². The maximum absolute atomic E-state index is 13.1. The van der Waals surface area contributed by atoms with Crippen LogP contribution in [0.2, 0.25) is 5.02 Å². The van der Waals surface area contributed by atoms with Crippen molar-refractivity contribution in [1.82, 2.24) is 14.8 Å². The SMILES string of the molecule is CCCSc1nc2n(n1)C(c1ccc(OCc3ccc(Cl)cc3)c(OCC)c1)C(C(=O)OCC)=C(C)N2. The molecule has 0 bridgehead atoms. The van der Waals surface area contributed by atoms with Crippen molar-refractivity contribution in [1.29, 1.82) is 0 Å². The molecule has 10 heteroatoms. The first-order chi connectivity index (χ1) is 17.9. The summed E-state index contributed by atoms with van der Waals surface area (Å²) in [7, 11) is 0. The first kappa shape index (κ1) is 26.9. The summed E-state index contributed by atoms with van der Waals surface area (Å²) in [6.45, 7) is 8.76. The zero-order valence-corrected chi connectivity index (χ0v) is 23.0. The number of benzene rings is 2. The van der Waals surface area contributed by atoms with Crippen LogP contribution in [-0.2, 0) is 16.1 Å². The average molecular weight is 543 g/mol. The number of halogens is 1. The fraction of sp³-hybridized carbons (Fsp3) is 0.370. The van der Waals surface area contributed by atoms with Gasteiger partial charge in [-0.1, -0.05) is 48.5 Å². The van der Waals surface area contributed by atoms with Crippen molar-refractivity contribution in [3.63, 3.8) is 0 Å². The molecule has 0 aliphatic carbocycles. The number of esters is 1. The van der Waals surface area contributed by atoms with Crippen LogP contribution in [0.3, 0.4) is 0 Å². The third kappa shape index (κ3) is 6.22. The smallest absolute Gasteiger partial charge is 0.338 e. The molecule has 3 aromatic rings. The van der Waals surface area contributed by atoms with Gasteiger partial charge in [0.05, 0.1) is 18.8 Å². The number of aromatic nitrogens is 3. The average Bonchev–Trinajstić information content (AvgIpc) is 3.29. The molecule has 0 saturated heterocycles. The minimum atomic E-state index is -0.539. The molecule has 4 rings (SSSR count). The molecule has 1 unspecified atom stereocenters. The van der Waals surface area contributed by atoms with E-state index in [0.29, 0.717) is 52.1 Å². The quantitative estimate of drug-likeness (QED) is 0.224. The second kappa shape index (κ2) is 12.4. The number of allylic oxidation sites excluding steroid dienone is 1. The summed E-state index contributed by atoms with van der Waals surface area (Å²) in [4.78, 5) is 17.7. The lowest BCUT2D eigenvalue weighted by Gasteiger charge is -2.28. The number of hydrogen-bond acceptors (Lipinski definition) is 8. The van der Waals surface area contributed by atoms with Crippen molar-refractivity contribution in [3.8, 4) is 11.5 Å². The Hall–Kier alpha value is -3.17. The highest BCUT2D eigenvalue weighted by Crippen LogP contribution is 2.40. The molecule has 0 radical (unpaired) electrons. The second-order valence-electron chi connectivity index (χ2n) is 8.35. The van der Waals surface area contributed by atoms with Gasteiger partial charge < -0.3 is 19.5 Å². The van der Waals surface area contributed by atoms with Crippen LogP contribution in [0, 0.1) is 0 Å². The molecule has 1 N–H and O–H groups in total. The van der Waals surface area contributed by atoms with E-state index in [-0.39, 0.29) is 6.61 Å². The van der Waals surface area contributed by atoms with E-state index in [2.05, 4.69) is 17.2 Å². The molecule has 1 aliphatic rings. The predicted octanol–water partition coefficient (Wildman–Crippen LogP) is 6.26. The van der Waals surface area contributed by atoms with Gasteiger partial charge in [0.15, 0.2) is 11.5 Å². The summed E-state index contributed by atoms with van der Waals surface area (Å²) in [5.74, 6) is 2.26. The summed E-state index contributed by atoms with van der Waals surface area (Å²) < 4.78 is 19.2. The van der Waals surface area contributed by atoms with Gasteiger partial charge in [0.2, 0.25) is 11.1 Å². The Balaban J connectivity index is 1.72. The Labute approximate surface area is 226 Å². The van der Waals surface area contributed by atoms with Crippen LogP contribution in [0.4, 0.5) is 5.95 Å². The minimum Gasteiger partial charge on any atom is -0.490 e. The molecule has 1 atom stereocenters. The van der Waals surface area contributed by atoms with Gasteiger partial charge in [-0.05, 0) is 62.6 Å². The van der Waals surface area contributed by atoms with Gasteiger partial charge >= 0.3 is 5.97 Å². The van der Waals surface area contributed by atoms with E-state index in [1.807, 2.05) is 56.3 Å². The number of anilines is 1. The van der Waals surface area contributed by atoms with Gasteiger partial charge in [-0.2, -0.15) is 4.98 Å². The topological polar surface area (TPSA) is 87.5 Å². The maximum Gasteiger partial charge on any atom is 0.338 e. The summed E-state index contributed by atoms with van der Waals surface area (Å²) in [5, 5.41) is 9.29. The summed E-state index contributed by atoms with van der Waals surface area (Å²) >= 11 is 7.58. The number of carbonyl (C=O) groups is 1. The van der Waals surface area contributed by atoms with E-state index in [1.165, 1.54) is 0 Å². The number of nitrogens with one attached hydrogen (secondary N) is 1. The zero-order valence-electron chi connectivity index (χ0n) is 21.4. The predicted molar refractivity (Wildman–Crippen MR) is 146 cm³/mol. The third-order valence-corrected chi connectivity index (χ3v) is 6.95. The second-order valence-corrected chi connectivity index (χ2v) is 9.85. The van der Waals surface area contributed by atoms with Crippen molar-refractivity contribution in [2.45, 2.75) is 51.9 Å². The Kier molecular flexibility index (Phi) is 9.00. The summed E-state index contributed by atoms with van der Waals surface area (Å²) in [6, 6.07) is 12.6. The molecule has 0 spiro atoms. The normalized spacial score (nSPS) is 14.7. The Morgan fingerprint density at radius 2 is 1.86 bits per heavy atom. The fourth-order valence-corrected chi connectivity index (χ4v) is 4.80. The van der Waals surface area contributed by atoms with E-state index in [0.717, 1.165) is 23.3 Å². The fourth-order valence-electron chi connectivity index (χ4n) is 3.99. The highest BCUT2D eigenvalue weighted by molar-refractivity contribution is 7.99. The van der Waals surface area contributed by atoms with Crippen LogP contribution in [0.25, 0.3) is 0 Å². The van der Waals surface area contributed by atoms with Crippen molar-refractivity contribution >= 4 is 35.3 Å². The van der Waals surface area contributed by atoms with Crippen LogP contribution in [0.15, 0.2) is 58.9 Å². The molecule has 0 amide bonds. The van der Waals surface area contributed by atoms with E-state index in [4.69, 9.17) is 30.9 Å². The molecule has 2 heterocycles. The zero-order chi connectivity index (χ0) is 26.4. The van der Waals surface area contributed by atoms with Gasteiger partial charge in [-0.25, -0.2) is 9.48 Å². The standard InChI is InChI=1S/C27H31ClN4O4S/c1-5-14-37-27-30-26-29-17(4)23(25(33)35-7-3)24(32(26)31-27)19-10-13-21(22(15-19)34-6-2)36-16-18-8-11-20(28)12-9-18/h8-13,15,24H,5-7,14,16H2,1-4H3,(H,29,30,31). The summed E-state index contributed by atoms with van der Waals surface area (Å²) in [5.41, 5.74) is 2.95. The number of fused-ring (bicyclic) bond motifs is 1. The van der Waals surface area contributed by atoms with Crippen molar-refractivity contribution in [2.75, 3.05) is 24.3 Å². The lowest BCUT2D eigenvalue weighted by Crippen LogP contribution is -2.29. The number of carbonyl (C=O) groups excluding carboxylic acids is 1. The Morgan fingerprint density at radius 3 is 2.57 bits per heavy atom. The Bertz CT molecular complexity index is 1280. The Morgan fingerprint density at radius 1 is 1.08 bits per heavy atom. The highest BCUT2D eigenvalue weighted by Gasteiger charge is 2.35. The van der Waals surface area contributed by atoms with Crippen molar-refractivity contribution in [3.05, 3.63) is 69.9 Å². The molecule has 196 valence electrons. The molecule has 1 aromatic heterocycles. The highest BCUT2D eigenvalue weighted by atomic mass is 35.5. The number of ether oxygens (including phenoxy) is 3. The van der Waals surface area contributed by atoms with E-state index in [9.17, 15) is 4.79 Å². The van der Waals surface area contributed by atoms with Crippen LogP contribution < -0.4 is 14.8 Å². The molecule has 0 fully saturated rings. The van der Waals surface area contributed by atoms with E-state index >= 15 is 0 Å². The van der Waals surface area contributed by atoms with Gasteiger partial charge in [0.1, 0.15) is 12.6 Å².